The first-order chi connectivity index (χ1) is 12.6. The molecule has 0 bridgehead atoms. The maximum atomic E-state index is 13.1. The number of hydrogen-bond donors (Lipinski definition) is 1. The topological polar surface area (TPSA) is 55.1 Å². The van der Waals surface area contributed by atoms with Crippen molar-refractivity contribution in [2.24, 2.45) is 0 Å². The van der Waals surface area contributed by atoms with E-state index in [1.807, 2.05) is 24.3 Å². The normalized spacial score (nSPS) is 10.8. The molecule has 0 aliphatic rings. The van der Waals surface area contributed by atoms with Gasteiger partial charge in [0.15, 0.2) is 5.58 Å². The van der Waals surface area contributed by atoms with E-state index in [2.05, 4.69) is 10.3 Å². The largest absolute Gasteiger partial charge is 0.436 e. The number of rotatable bonds is 3. The van der Waals surface area contributed by atoms with E-state index in [1.165, 1.54) is 12.1 Å². The Hall–Kier alpha value is -3.18. The van der Waals surface area contributed by atoms with Crippen LogP contribution in [-0.2, 0) is 0 Å². The van der Waals surface area contributed by atoms with Gasteiger partial charge in [-0.3, -0.25) is 4.79 Å². The zero-order chi connectivity index (χ0) is 18.1. The number of fused-ring (bicyclic) bond motifs is 1. The number of carbonyl (C=O) groups excluding carboxylic acids is 1. The molecular formula is C20H12ClFN2O2. The molecule has 0 spiro atoms. The molecule has 4 aromatic rings. The maximum Gasteiger partial charge on any atom is 0.257 e. The zero-order valence-electron chi connectivity index (χ0n) is 13.4. The highest BCUT2D eigenvalue weighted by molar-refractivity contribution is 6.34. The van der Waals surface area contributed by atoms with Crippen LogP contribution in [0.5, 0.6) is 0 Å². The van der Waals surface area contributed by atoms with Crippen molar-refractivity contribution in [1.82, 2.24) is 4.98 Å². The van der Waals surface area contributed by atoms with Crippen molar-refractivity contribution >= 4 is 34.3 Å². The van der Waals surface area contributed by atoms with Crippen LogP contribution >= 0.6 is 11.6 Å². The summed E-state index contributed by atoms with van der Waals surface area (Å²) in [5, 5.41) is 2.79. The molecule has 0 saturated carbocycles. The summed E-state index contributed by atoms with van der Waals surface area (Å²) >= 11 is 5.91. The Morgan fingerprint density at radius 3 is 2.54 bits per heavy atom. The second-order valence-corrected chi connectivity index (χ2v) is 6.05. The molecule has 0 aliphatic carbocycles. The molecule has 6 heteroatoms. The smallest absolute Gasteiger partial charge is 0.257 e. The quantitative estimate of drug-likeness (QED) is 0.518. The van der Waals surface area contributed by atoms with E-state index in [0.717, 1.165) is 17.1 Å². The molecule has 1 heterocycles. The Bertz CT molecular complexity index is 1070. The highest BCUT2D eigenvalue weighted by Crippen LogP contribution is 2.25. The van der Waals surface area contributed by atoms with Crippen molar-refractivity contribution < 1.29 is 13.6 Å². The number of oxazole rings is 1. The average molecular weight is 367 g/mol. The minimum absolute atomic E-state index is 0.0607. The SMILES string of the molecule is O=C(Nc1ccc(-c2nc3ccccc3o2)cc1)c1ccc(F)cc1Cl. The van der Waals surface area contributed by atoms with Crippen molar-refractivity contribution in [3.63, 3.8) is 0 Å². The van der Waals surface area contributed by atoms with Crippen LogP contribution < -0.4 is 5.32 Å². The Morgan fingerprint density at radius 1 is 1.04 bits per heavy atom. The third kappa shape index (κ3) is 3.17. The van der Waals surface area contributed by atoms with Gasteiger partial charge in [0.1, 0.15) is 11.3 Å². The Morgan fingerprint density at radius 2 is 1.81 bits per heavy atom. The van der Waals surface area contributed by atoms with Gasteiger partial charge in [0.05, 0.1) is 10.6 Å². The van der Waals surface area contributed by atoms with Gasteiger partial charge in [0.25, 0.3) is 5.91 Å². The third-order valence-corrected chi connectivity index (χ3v) is 4.17. The van der Waals surface area contributed by atoms with E-state index in [0.29, 0.717) is 17.2 Å². The highest BCUT2D eigenvalue weighted by Gasteiger charge is 2.12. The Labute approximate surface area is 153 Å². The molecule has 1 aromatic heterocycles. The lowest BCUT2D eigenvalue weighted by atomic mass is 10.1. The maximum absolute atomic E-state index is 13.1. The van der Waals surface area contributed by atoms with Crippen LogP contribution in [0, 0.1) is 5.82 Å². The second kappa shape index (κ2) is 6.61. The van der Waals surface area contributed by atoms with Gasteiger partial charge in [-0.25, -0.2) is 9.37 Å². The van der Waals surface area contributed by atoms with Gasteiger partial charge in [-0.05, 0) is 54.6 Å². The number of benzene rings is 3. The summed E-state index contributed by atoms with van der Waals surface area (Å²) in [7, 11) is 0. The molecule has 4 rings (SSSR count). The van der Waals surface area contributed by atoms with Crippen LogP contribution in [0.1, 0.15) is 10.4 Å². The first-order valence-electron chi connectivity index (χ1n) is 7.82. The summed E-state index contributed by atoms with van der Waals surface area (Å²) in [5.74, 6) is -0.399. The van der Waals surface area contributed by atoms with Crippen LogP contribution in [-0.4, -0.2) is 10.9 Å². The van der Waals surface area contributed by atoms with Crippen LogP contribution in [0.15, 0.2) is 71.1 Å². The van der Waals surface area contributed by atoms with Crippen molar-refractivity contribution in [1.29, 1.82) is 0 Å². The average Bonchev–Trinajstić information content (AvgIpc) is 3.06. The molecular weight excluding hydrogens is 355 g/mol. The molecule has 1 amide bonds. The number of hydrogen-bond acceptors (Lipinski definition) is 3. The van der Waals surface area contributed by atoms with E-state index in [4.69, 9.17) is 16.0 Å². The van der Waals surface area contributed by atoms with Crippen molar-refractivity contribution in [3.05, 3.63) is 83.1 Å². The number of halogens is 2. The Kier molecular flexibility index (Phi) is 4.14. The Balaban J connectivity index is 1.55. The molecule has 0 aliphatic heterocycles. The lowest BCUT2D eigenvalue weighted by Crippen LogP contribution is -2.12. The number of para-hydroxylation sites is 2. The zero-order valence-corrected chi connectivity index (χ0v) is 14.1. The molecule has 26 heavy (non-hydrogen) atoms. The molecule has 0 radical (unpaired) electrons. The summed E-state index contributed by atoms with van der Waals surface area (Å²) in [5.41, 5.74) is 3.07. The van der Waals surface area contributed by atoms with Crippen molar-refractivity contribution in [3.8, 4) is 11.5 Å². The highest BCUT2D eigenvalue weighted by atomic mass is 35.5. The lowest BCUT2D eigenvalue weighted by Gasteiger charge is -2.07. The van der Waals surface area contributed by atoms with Gasteiger partial charge in [-0.15, -0.1) is 0 Å². The van der Waals surface area contributed by atoms with Gasteiger partial charge < -0.3 is 9.73 Å². The number of amides is 1. The molecule has 0 saturated heterocycles. The molecule has 1 N–H and O–H groups in total. The number of nitrogens with one attached hydrogen (secondary N) is 1. The molecule has 4 nitrogen and oxygen atoms in total. The van der Waals surface area contributed by atoms with Gasteiger partial charge in [0, 0.05) is 11.3 Å². The second-order valence-electron chi connectivity index (χ2n) is 5.64. The predicted molar refractivity (Wildman–Crippen MR) is 98.8 cm³/mol. The number of anilines is 1. The van der Waals surface area contributed by atoms with Crippen LogP contribution in [0.3, 0.4) is 0 Å². The fourth-order valence-corrected chi connectivity index (χ4v) is 2.82. The summed E-state index contributed by atoms with van der Waals surface area (Å²) < 4.78 is 18.8. The minimum Gasteiger partial charge on any atom is -0.436 e. The van der Waals surface area contributed by atoms with Gasteiger partial charge in [0.2, 0.25) is 5.89 Å². The fourth-order valence-electron chi connectivity index (χ4n) is 2.56. The molecule has 128 valence electrons. The number of carbonyl (C=O) groups is 1. The monoisotopic (exact) mass is 366 g/mol. The standard InChI is InChI=1S/C20H12ClFN2O2/c21-16-11-13(22)7-10-15(16)19(25)23-14-8-5-12(6-9-14)20-24-17-3-1-2-4-18(17)26-20/h1-11H,(H,23,25). The fraction of sp³-hybridized carbons (Fsp3) is 0. The van der Waals surface area contributed by atoms with Gasteiger partial charge >= 0.3 is 0 Å². The van der Waals surface area contributed by atoms with Crippen LogP contribution in [0.2, 0.25) is 5.02 Å². The van der Waals surface area contributed by atoms with Crippen LogP contribution in [0.4, 0.5) is 10.1 Å². The predicted octanol–water partition coefficient (Wildman–Crippen LogP) is 5.54. The van der Waals surface area contributed by atoms with Crippen molar-refractivity contribution in [2.45, 2.75) is 0 Å². The number of nitrogens with zero attached hydrogens (tertiary/aromatic N) is 1. The molecule has 0 unspecified atom stereocenters. The molecule has 0 fully saturated rings. The lowest BCUT2D eigenvalue weighted by molar-refractivity contribution is 0.102. The summed E-state index contributed by atoms with van der Waals surface area (Å²) in [6.45, 7) is 0. The number of aromatic nitrogens is 1. The summed E-state index contributed by atoms with van der Waals surface area (Å²) in [6.07, 6.45) is 0. The van der Waals surface area contributed by atoms with Gasteiger partial charge in [-0.2, -0.15) is 0 Å². The third-order valence-electron chi connectivity index (χ3n) is 3.86. The molecule has 3 aromatic carbocycles. The first-order valence-corrected chi connectivity index (χ1v) is 8.20. The van der Waals surface area contributed by atoms with E-state index < -0.39 is 11.7 Å². The first kappa shape index (κ1) is 16.3. The summed E-state index contributed by atoms with van der Waals surface area (Å²) in [6, 6.07) is 18.2. The van der Waals surface area contributed by atoms with E-state index in [9.17, 15) is 9.18 Å². The van der Waals surface area contributed by atoms with E-state index in [-0.39, 0.29) is 10.6 Å². The summed E-state index contributed by atoms with van der Waals surface area (Å²) in [4.78, 5) is 16.7. The van der Waals surface area contributed by atoms with E-state index >= 15 is 0 Å². The van der Waals surface area contributed by atoms with Crippen LogP contribution in [0.25, 0.3) is 22.6 Å². The minimum atomic E-state index is -0.491. The van der Waals surface area contributed by atoms with E-state index in [1.54, 1.807) is 24.3 Å². The van der Waals surface area contributed by atoms with Crippen molar-refractivity contribution in [2.75, 3.05) is 5.32 Å². The molecule has 0 atom stereocenters. The van der Waals surface area contributed by atoms with Gasteiger partial charge in [-0.1, -0.05) is 23.7 Å².